The van der Waals surface area contributed by atoms with Gasteiger partial charge in [0.1, 0.15) is 0 Å². The van der Waals surface area contributed by atoms with Gasteiger partial charge in [0.05, 0.1) is 12.1 Å². The van der Waals surface area contributed by atoms with Crippen molar-refractivity contribution in [1.29, 1.82) is 0 Å². The Morgan fingerprint density at radius 1 is 1.04 bits per heavy atom. The zero-order valence-corrected chi connectivity index (χ0v) is 15.1. The Morgan fingerprint density at radius 2 is 1.71 bits per heavy atom. The number of benzene rings is 2. The summed E-state index contributed by atoms with van der Waals surface area (Å²) in [5.41, 5.74) is 7.52. The number of primary amides is 1. The van der Waals surface area contributed by atoms with Gasteiger partial charge in [-0.25, -0.2) is 0 Å². The molecule has 0 heterocycles. The lowest BCUT2D eigenvalue weighted by Crippen LogP contribution is -2.33. The van der Waals surface area contributed by atoms with Gasteiger partial charge in [-0.3, -0.25) is 14.4 Å². The van der Waals surface area contributed by atoms with Crippen LogP contribution in [0.3, 0.4) is 0 Å². The Labute approximate surface area is 152 Å². The molecule has 0 saturated carbocycles. The standard InChI is InChI=1S/C17H16IN3O3/c1-10-2-7-14(18)13(8-10)17(24)21-12-5-3-11(4-6-12)16(23)20-9-15(19)22/h2-8H,9H2,1H3,(H2,19,22)(H,20,23)(H,21,24). The Kier molecular flexibility index (Phi) is 5.91. The van der Waals surface area contributed by atoms with Crippen molar-refractivity contribution in [3.8, 4) is 0 Å². The normalized spacial score (nSPS) is 10.1. The molecule has 0 radical (unpaired) electrons. The van der Waals surface area contributed by atoms with Gasteiger partial charge in [-0.2, -0.15) is 0 Å². The number of carbonyl (C=O) groups is 3. The van der Waals surface area contributed by atoms with Crippen LogP contribution in [0.5, 0.6) is 0 Å². The second-order valence-electron chi connectivity index (χ2n) is 5.16. The van der Waals surface area contributed by atoms with Crippen molar-refractivity contribution >= 4 is 46.0 Å². The van der Waals surface area contributed by atoms with E-state index in [1.54, 1.807) is 24.3 Å². The third kappa shape index (κ3) is 4.79. The second-order valence-corrected chi connectivity index (χ2v) is 6.33. The molecule has 0 bridgehead atoms. The maximum atomic E-state index is 12.3. The molecule has 0 saturated heterocycles. The second kappa shape index (κ2) is 7.91. The summed E-state index contributed by atoms with van der Waals surface area (Å²) < 4.78 is 0.859. The van der Waals surface area contributed by atoms with E-state index in [0.717, 1.165) is 9.13 Å². The largest absolute Gasteiger partial charge is 0.368 e. The fraction of sp³-hybridized carbons (Fsp3) is 0.118. The van der Waals surface area contributed by atoms with E-state index < -0.39 is 11.8 Å². The number of anilines is 1. The average Bonchev–Trinajstić information content (AvgIpc) is 2.55. The van der Waals surface area contributed by atoms with Gasteiger partial charge in [-0.15, -0.1) is 0 Å². The van der Waals surface area contributed by atoms with E-state index in [1.165, 1.54) is 0 Å². The lowest BCUT2D eigenvalue weighted by Gasteiger charge is -2.09. The average molecular weight is 437 g/mol. The van der Waals surface area contributed by atoms with Crippen LogP contribution < -0.4 is 16.4 Å². The summed E-state index contributed by atoms with van der Waals surface area (Å²) in [6, 6.07) is 12.0. The Hall–Kier alpha value is -2.42. The number of halogens is 1. The highest BCUT2D eigenvalue weighted by atomic mass is 127. The van der Waals surface area contributed by atoms with Crippen LogP contribution >= 0.6 is 22.6 Å². The van der Waals surface area contributed by atoms with Gasteiger partial charge in [0.15, 0.2) is 0 Å². The van der Waals surface area contributed by atoms with Crippen LogP contribution in [0, 0.1) is 10.5 Å². The van der Waals surface area contributed by atoms with Gasteiger partial charge in [0.2, 0.25) is 5.91 Å². The van der Waals surface area contributed by atoms with Crippen molar-refractivity contribution in [2.75, 3.05) is 11.9 Å². The highest BCUT2D eigenvalue weighted by molar-refractivity contribution is 14.1. The molecule has 2 rings (SSSR count). The lowest BCUT2D eigenvalue weighted by molar-refractivity contribution is -0.117. The van der Waals surface area contributed by atoms with E-state index in [-0.39, 0.29) is 12.5 Å². The van der Waals surface area contributed by atoms with Crippen LogP contribution in [0.4, 0.5) is 5.69 Å². The fourth-order valence-electron chi connectivity index (χ4n) is 1.99. The number of hydrogen-bond donors (Lipinski definition) is 3. The molecule has 4 N–H and O–H groups in total. The third-order valence-corrected chi connectivity index (χ3v) is 4.14. The monoisotopic (exact) mass is 437 g/mol. The minimum atomic E-state index is -0.611. The molecule has 2 aromatic carbocycles. The van der Waals surface area contributed by atoms with E-state index in [0.29, 0.717) is 16.8 Å². The molecule has 24 heavy (non-hydrogen) atoms. The molecule has 124 valence electrons. The number of hydrogen-bond acceptors (Lipinski definition) is 3. The van der Waals surface area contributed by atoms with Gasteiger partial charge in [-0.05, 0) is 65.9 Å². The van der Waals surface area contributed by atoms with Crippen molar-refractivity contribution in [3.63, 3.8) is 0 Å². The molecule has 0 unspecified atom stereocenters. The van der Waals surface area contributed by atoms with E-state index in [4.69, 9.17) is 5.73 Å². The summed E-state index contributed by atoms with van der Waals surface area (Å²) in [5.74, 6) is -1.23. The Morgan fingerprint density at radius 3 is 2.33 bits per heavy atom. The van der Waals surface area contributed by atoms with Gasteiger partial charge >= 0.3 is 0 Å². The number of amides is 3. The maximum Gasteiger partial charge on any atom is 0.256 e. The predicted molar refractivity (Wildman–Crippen MR) is 99.8 cm³/mol. The lowest BCUT2D eigenvalue weighted by atomic mass is 10.1. The summed E-state index contributed by atoms with van der Waals surface area (Å²) in [4.78, 5) is 34.8. The molecule has 0 aromatic heterocycles. The van der Waals surface area contributed by atoms with E-state index in [9.17, 15) is 14.4 Å². The maximum absolute atomic E-state index is 12.3. The van der Waals surface area contributed by atoms with Crippen LogP contribution in [-0.2, 0) is 4.79 Å². The minimum absolute atomic E-state index is 0.214. The van der Waals surface area contributed by atoms with Gasteiger partial charge < -0.3 is 16.4 Å². The summed E-state index contributed by atoms with van der Waals surface area (Å²) in [6.45, 7) is 1.70. The van der Waals surface area contributed by atoms with Crippen molar-refractivity contribution in [1.82, 2.24) is 5.32 Å². The molecular formula is C17H16IN3O3. The number of nitrogens with one attached hydrogen (secondary N) is 2. The smallest absolute Gasteiger partial charge is 0.256 e. The molecule has 0 atom stereocenters. The zero-order chi connectivity index (χ0) is 17.7. The molecule has 0 fully saturated rings. The van der Waals surface area contributed by atoms with Crippen molar-refractivity contribution in [2.24, 2.45) is 5.73 Å². The van der Waals surface area contributed by atoms with Crippen LogP contribution in [0.15, 0.2) is 42.5 Å². The van der Waals surface area contributed by atoms with Crippen LogP contribution in [0.1, 0.15) is 26.3 Å². The van der Waals surface area contributed by atoms with E-state index >= 15 is 0 Å². The quantitative estimate of drug-likeness (QED) is 0.625. The first-order valence-corrected chi connectivity index (χ1v) is 8.19. The topological polar surface area (TPSA) is 101 Å². The first kappa shape index (κ1) is 17.9. The number of aryl methyl sites for hydroxylation is 1. The summed E-state index contributed by atoms with van der Waals surface area (Å²) >= 11 is 2.11. The summed E-state index contributed by atoms with van der Waals surface area (Å²) in [7, 11) is 0. The number of carbonyl (C=O) groups excluding carboxylic acids is 3. The molecule has 6 nitrogen and oxygen atoms in total. The fourth-order valence-corrected chi connectivity index (χ4v) is 2.57. The van der Waals surface area contributed by atoms with Crippen LogP contribution in [0.25, 0.3) is 0 Å². The number of nitrogens with two attached hydrogens (primary N) is 1. The minimum Gasteiger partial charge on any atom is -0.368 e. The van der Waals surface area contributed by atoms with Crippen molar-refractivity contribution < 1.29 is 14.4 Å². The van der Waals surface area contributed by atoms with E-state index in [2.05, 4.69) is 33.2 Å². The summed E-state index contributed by atoms with van der Waals surface area (Å²) in [6.07, 6.45) is 0. The molecule has 0 aliphatic carbocycles. The van der Waals surface area contributed by atoms with E-state index in [1.807, 2.05) is 25.1 Å². The molecular weight excluding hydrogens is 421 g/mol. The molecule has 0 aliphatic rings. The molecule has 0 spiro atoms. The summed E-state index contributed by atoms with van der Waals surface area (Å²) in [5, 5.41) is 5.19. The van der Waals surface area contributed by atoms with Crippen LogP contribution in [0.2, 0.25) is 0 Å². The number of rotatable bonds is 5. The highest BCUT2D eigenvalue weighted by Gasteiger charge is 2.11. The first-order chi connectivity index (χ1) is 11.4. The molecule has 2 aromatic rings. The zero-order valence-electron chi connectivity index (χ0n) is 12.9. The van der Waals surface area contributed by atoms with Crippen molar-refractivity contribution in [2.45, 2.75) is 6.92 Å². The van der Waals surface area contributed by atoms with Crippen LogP contribution in [-0.4, -0.2) is 24.3 Å². The van der Waals surface area contributed by atoms with Gasteiger partial charge in [-0.1, -0.05) is 11.6 Å². The molecule has 3 amide bonds. The highest BCUT2D eigenvalue weighted by Crippen LogP contribution is 2.17. The SMILES string of the molecule is Cc1ccc(I)c(C(=O)Nc2ccc(C(=O)NCC(N)=O)cc2)c1. The van der Waals surface area contributed by atoms with Gasteiger partial charge in [0.25, 0.3) is 11.8 Å². The van der Waals surface area contributed by atoms with Crippen molar-refractivity contribution in [3.05, 3.63) is 62.7 Å². The molecule has 0 aliphatic heterocycles. The Bertz CT molecular complexity index is 788. The van der Waals surface area contributed by atoms with Gasteiger partial charge in [0, 0.05) is 14.8 Å². The third-order valence-electron chi connectivity index (χ3n) is 3.19. The Balaban J connectivity index is 2.06. The molecule has 7 heteroatoms. The predicted octanol–water partition coefficient (Wildman–Crippen LogP) is 2.07. The first-order valence-electron chi connectivity index (χ1n) is 7.11.